The zero-order valence-corrected chi connectivity index (χ0v) is 11.2. The molecule has 3 rings (SSSR count). The lowest BCUT2D eigenvalue weighted by Crippen LogP contribution is -1.86. The van der Waals surface area contributed by atoms with Gasteiger partial charge in [-0.3, -0.25) is 0 Å². The van der Waals surface area contributed by atoms with Crippen LogP contribution in [-0.2, 0) is 0 Å². The molecule has 1 heterocycles. The Morgan fingerprint density at radius 3 is 2.79 bits per heavy atom. The third kappa shape index (κ3) is 2.04. The predicted molar refractivity (Wildman–Crippen MR) is 75.3 cm³/mol. The maximum atomic E-state index is 13.4. The first-order chi connectivity index (χ1) is 9.04. The Kier molecular flexibility index (Phi) is 2.67. The molecule has 0 spiro atoms. The number of phenols is 1. The molecule has 0 bridgehead atoms. The van der Waals surface area contributed by atoms with Gasteiger partial charge in [0, 0.05) is 17.8 Å². The fraction of sp³-hybridized carbons (Fsp3) is 0. The van der Waals surface area contributed by atoms with Gasteiger partial charge in [0.15, 0.2) is 0 Å². The van der Waals surface area contributed by atoms with E-state index >= 15 is 0 Å². The van der Waals surface area contributed by atoms with Crippen LogP contribution in [0.3, 0.4) is 0 Å². The lowest BCUT2D eigenvalue weighted by molar-refractivity contribution is 0.477. The second-order valence-corrected chi connectivity index (χ2v) is 5.00. The van der Waals surface area contributed by atoms with Gasteiger partial charge >= 0.3 is 0 Å². The van der Waals surface area contributed by atoms with Gasteiger partial charge in [-0.05, 0) is 34.1 Å². The van der Waals surface area contributed by atoms with Gasteiger partial charge in [0.1, 0.15) is 17.4 Å². The zero-order chi connectivity index (χ0) is 13.6. The van der Waals surface area contributed by atoms with Crippen LogP contribution >= 0.6 is 15.9 Å². The Bertz CT molecular complexity index is 746. The molecule has 0 aliphatic carbocycles. The highest BCUT2D eigenvalue weighted by molar-refractivity contribution is 9.10. The molecule has 0 amide bonds. The standard InChI is InChI=1S/C13H9BrFN3O/c14-8-4-10-11(5-9(8)15)18-13(17-10)7-2-1-6(16)3-12(7)19/h1-5,19H,16H2,(H,17,18). The van der Waals surface area contributed by atoms with Crippen LogP contribution in [0.1, 0.15) is 0 Å². The van der Waals surface area contributed by atoms with E-state index < -0.39 is 0 Å². The van der Waals surface area contributed by atoms with Crippen LogP contribution in [0.4, 0.5) is 10.1 Å². The highest BCUT2D eigenvalue weighted by atomic mass is 79.9. The first-order valence-electron chi connectivity index (χ1n) is 5.48. The Hall–Kier alpha value is -2.08. The van der Waals surface area contributed by atoms with Crippen molar-refractivity contribution in [3.05, 3.63) is 40.6 Å². The molecule has 6 heteroatoms. The smallest absolute Gasteiger partial charge is 0.142 e. The highest BCUT2D eigenvalue weighted by Gasteiger charge is 2.11. The summed E-state index contributed by atoms with van der Waals surface area (Å²) < 4.78 is 13.8. The third-order valence-corrected chi connectivity index (χ3v) is 3.41. The number of hydrogen-bond acceptors (Lipinski definition) is 3. The van der Waals surface area contributed by atoms with E-state index in [4.69, 9.17) is 5.73 Å². The maximum absolute atomic E-state index is 13.4. The number of aromatic amines is 1. The minimum atomic E-state index is -0.371. The van der Waals surface area contributed by atoms with Crippen molar-refractivity contribution < 1.29 is 9.50 Å². The van der Waals surface area contributed by atoms with Gasteiger partial charge in [-0.1, -0.05) is 0 Å². The summed E-state index contributed by atoms with van der Waals surface area (Å²) in [7, 11) is 0. The number of fused-ring (bicyclic) bond motifs is 1. The van der Waals surface area contributed by atoms with Crippen molar-refractivity contribution in [2.45, 2.75) is 0 Å². The predicted octanol–water partition coefficient (Wildman–Crippen LogP) is 3.42. The topological polar surface area (TPSA) is 74.9 Å². The van der Waals surface area contributed by atoms with E-state index in [1.807, 2.05) is 0 Å². The summed E-state index contributed by atoms with van der Waals surface area (Å²) in [4.78, 5) is 7.29. The van der Waals surface area contributed by atoms with Gasteiger partial charge in [0.05, 0.1) is 21.1 Å². The normalized spacial score (nSPS) is 11.1. The molecule has 0 aliphatic rings. The fourth-order valence-electron chi connectivity index (χ4n) is 1.88. The third-order valence-electron chi connectivity index (χ3n) is 2.80. The maximum Gasteiger partial charge on any atom is 0.142 e. The Labute approximate surface area is 116 Å². The minimum absolute atomic E-state index is 0.0265. The molecule has 1 aromatic heterocycles. The van der Waals surface area contributed by atoms with Crippen LogP contribution in [0, 0.1) is 5.82 Å². The average Bonchev–Trinajstić information content (AvgIpc) is 2.72. The number of aromatic nitrogens is 2. The lowest BCUT2D eigenvalue weighted by atomic mass is 10.2. The van der Waals surface area contributed by atoms with E-state index in [1.165, 1.54) is 12.1 Å². The number of aromatic hydroxyl groups is 1. The molecule has 0 saturated carbocycles. The molecule has 0 aliphatic heterocycles. The molecule has 19 heavy (non-hydrogen) atoms. The van der Waals surface area contributed by atoms with Crippen LogP contribution in [0.25, 0.3) is 22.4 Å². The first-order valence-corrected chi connectivity index (χ1v) is 6.27. The molecule has 4 N–H and O–H groups in total. The highest BCUT2D eigenvalue weighted by Crippen LogP contribution is 2.31. The molecule has 0 fully saturated rings. The molecule has 0 saturated heterocycles. The number of rotatable bonds is 1. The number of H-pyrrole nitrogens is 1. The lowest BCUT2D eigenvalue weighted by Gasteiger charge is -2.01. The Balaban J connectivity index is 2.20. The van der Waals surface area contributed by atoms with Crippen molar-refractivity contribution in [2.24, 2.45) is 0 Å². The molecular formula is C13H9BrFN3O. The SMILES string of the molecule is Nc1ccc(-c2nc3cc(Br)c(F)cc3[nH]2)c(O)c1. The Morgan fingerprint density at radius 1 is 1.26 bits per heavy atom. The monoisotopic (exact) mass is 321 g/mol. The molecular weight excluding hydrogens is 313 g/mol. The van der Waals surface area contributed by atoms with Crippen LogP contribution in [-0.4, -0.2) is 15.1 Å². The van der Waals surface area contributed by atoms with Gasteiger partial charge in [0.2, 0.25) is 0 Å². The Morgan fingerprint density at radius 2 is 2.05 bits per heavy atom. The van der Waals surface area contributed by atoms with Crippen LogP contribution in [0.15, 0.2) is 34.8 Å². The van der Waals surface area contributed by atoms with Crippen molar-refractivity contribution in [1.82, 2.24) is 9.97 Å². The van der Waals surface area contributed by atoms with Gasteiger partial charge in [-0.25, -0.2) is 9.37 Å². The van der Waals surface area contributed by atoms with Gasteiger partial charge < -0.3 is 15.8 Å². The van der Waals surface area contributed by atoms with Crippen molar-refractivity contribution in [3.8, 4) is 17.1 Å². The number of benzene rings is 2. The van der Waals surface area contributed by atoms with E-state index in [0.717, 1.165) is 0 Å². The van der Waals surface area contributed by atoms with Gasteiger partial charge in [-0.2, -0.15) is 0 Å². The average molecular weight is 322 g/mol. The number of nitrogen functional groups attached to an aromatic ring is 1. The summed E-state index contributed by atoms with van der Waals surface area (Å²) in [5.74, 6) is 0.118. The molecule has 4 nitrogen and oxygen atoms in total. The van der Waals surface area contributed by atoms with Crippen molar-refractivity contribution in [1.29, 1.82) is 0 Å². The second kappa shape index (κ2) is 4.24. The van der Waals surface area contributed by atoms with E-state index in [1.54, 1.807) is 18.2 Å². The number of phenolic OH excluding ortho intramolecular Hbond substituents is 1. The molecule has 96 valence electrons. The molecule has 0 radical (unpaired) electrons. The second-order valence-electron chi connectivity index (χ2n) is 4.15. The van der Waals surface area contributed by atoms with E-state index in [2.05, 4.69) is 25.9 Å². The van der Waals surface area contributed by atoms with Gasteiger partial charge in [-0.15, -0.1) is 0 Å². The number of anilines is 1. The summed E-state index contributed by atoms with van der Waals surface area (Å²) in [6, 6.07) is 7.70. The largest absolute Gasteiger partial charge is 0.507 e. The van der Waals surface area contributed by atoms with E-state index in [9.17, 15) is 9.50 Å². The van der Waals surface area contributed by atoms with E-state index in [0.29, 0.717) is 32.6 Å². The summed E-state index contributed by atoms with van der Waals surface area (Å²) in [6.45, 7) is 0. The summed E-state index contributed by atoms with van der Waals surface area (Å²) in [5, 5.41) is 9.86. The summed E-state index contributed by atoms with van der Waals surface area (Å²) in [5.41, 5.74) is 7.73. The number of imidazole rings is 1. The number of nitrogens with zero attached hydrogens (tertiary/aromatic N) is 1. The number of hydrogen-bond donors (Lipinski definition) is 3. The van der Waals surface area contributed by atoms with E-state index in [-0.39, 0.29) is 11.6 Å². The molecule has 2 aromatic carbocycles. The number of nitrogens with two attached hydrogens (primary N) is 1. The first kappa shape index (κ1) is 12.0. The van der Waals surface area contributed by atoms with Gasteiger partial charge in [0.25, 0.3) is 0 Å². The minimum Gasteiger partial charge on any atom is -0.507 e. The van der Waals surface area contributed by atoms with Crippen LogP contribution in [0.2, 0.25) is 0 Å². The molecule has 3 aromatic rings. The molecule has 0 unspecified atom stereocenters. The number of nitrogens with one attached hydrogen (secondary N) is 1. The van der Waals surface area contributed by atoms with Crippen LogP contribution in [0.5, 0.6) is 5.75 Å². The zero-order valence-electron chi connectivity index (χ0n) is 9.61. The quantitative estimate of drug-likeness (QED) is 0.601. The fourth-order valence-corrected chi connectivity index (χ4v) is 2.21. The number of halogens is 2. The summed E-state index contributed by atoms with van der Waals surface area (Å²) >= 11 is 3.11. The van der Waals surface area contributed by atoms with Crippen molar-refractivity contribution in [3.63, 3.8) is 0 Å². The van der Waals surface area contributed by atoms with Crippen molar-refractivity contribution >= 4 is 32.7 Å². The van der Waals surface area contributed by atoms with Crippen molar-refractivity contribution in [2.75, 3.05) is 5.73 Å². The van der Waals surface area contributed by atoms with Crippen LogP contribution < -0.4 is 5.73 Å². The molecule has 0 atom stereocenters. The summed E-state index contributed by atoms with van der Waals surface area (Å²) in [6.07, 6.45) is 0.